The highest BCUT2D eigenvalue weighted by Gasteiger charge is 2.10. The molecule has 0 radical (unpaired) electrons. The van der Waals surface area contributed by atoms with E-state index in [0.29, 0.717) is 18.2 Å². The molecule has 0 aliphatic carbocycles. The number of nitrogens with one attached hydrogen (secondary N) is 1. The van der Waals surface area contributed by atoms with E-state index in [1.165, 1.54) is 0 Å². The van der Waals surface area contributed by atoms with Crippen LogP contribution < -0.4 is 5.32 Å². The molecule has 1 unspecified atom stereocenters. The molecule has 114 valence electrons. The summed E-state index contributed by atoms with van der Waals surface area (Å²) in [6.07, 6.45) is 0. The van der Waals surface area contributed by atoms with Gasteiger partial charge in [0.2, 0.25) is 5.91 Å². The van der Waals surface area contributed by atoms with Crippen molar-refractivity contribution in [3.63, 3.8) is 0 Å². The molecule has 0 aromatic carbocycles. The predicted molar refractivity (Wildman–Crippen MR) is 74.4 cm³/mol. The molecule has 1 amide bonds. The maximum Gasteiger partial charge on any atom is 0.394 e. The zero-order valence-electron chi connectivity index (χ0n) is 11.9. The molecule has 0 bridgehead atoms. The van der Waals surface area contributed by atoms with Gasteiger partial charge in [0.05, 0.1) is 0 Å². The van der Waals surface area contributed by atoms with Crippen LogP contribution in [-0.4, -0.2) is 54.0 Å². The highest BCUT2D eigenvalue weighted by Crippen LogP contribution is 1.97. The summed E-state index contributed by atoms with van der Waals surface area (Å²) in [5.41, 5.74) is 0.566. The zero-order valence-corrected chi connectivity index (χ0v) is 12.7. The first kappa shape index (κ1) is 20.4. The molecule has 1 atom stereocenters. The van der Waals surface area contributed by atoms with Gasteiger partial charge in [-0.15, -0.1) is 0 Å². The third kappa shape index (κ3) is 15.0. The van der Waals surface area contributed by atoms with Crippen molar-refractivity contribution in [3.05, 3.63) is 12.2 Å². The van der Waals surface area contributed by atoms with E-state index < -0.39 is 10.4 Å². The van der Waals surface area contributed by atoms with E-state index in [0.717, 1.165) is 13.1 Å². The highest BCUT2D eigenvalue weighted by atomic mass is 32.3. The normalized spacial score (nSPS) is 12.4. The average Bonchev–Trinajstić information content (AvgIpc) is 2.25. The van der Waals surface area contributed by atoms with E-state index in [2.05, 4.69) is 37.6 Å². The smallest absolute Gasteiger partial charge is 0.351 e. The van der Waals surface area contributed by atoms with Crippen LogP contribution in [0.15, 0.2) is 12.2 Å². The summed E-state index contributed by atoms with van der Waals surface area (Å²) in [6.45, 7) is 14.4. The number of likely N-dealkylation sites (N-methyl/N-ethyl adjacent to an activating group) is 1. The summed E-state index contributed by atoms with van der Waals surface area (Å²) >= 11 is 0. The molecule has 19 heavy (non-hydrogen) atoms. The lowest BCUT2D eigenvalue weighted by molar-refractivity contribution is -0.117. The second-order valence-corrected chi connectivity index (χ2v) is 4.90. The van der Waals surface area contributed by atoms with Crippen LogP contribution in [0.5, 0.6) is 0 Å². The number of carbonyl (C=O) groups is 1. The maximum atomic E-state index is 11.2. The van der Waals surface area contributed by atoms with Crippen LogP contribution in [0.2, 0.25) is 0 Å². The Morgan fingerprint density at radius 3 is 1.95 bits per heavy atom. The van der Waals surface area contributed by atoms with Crippen molar-refractivity contribution in [1.29, 1.82) is 0 Å². The summed E-state index contributed by atoms with van der Waals surface area (Å²) in [7, 11) is -4.67. The Kier molecular flexibility index (Phi) is 10.6. The lowest BCUT2D eigenvalue weighted by atomic mass is 10.2. The maximum absolute atomic E-state index is 11.2. The van der Waals surface area contributed by atoms with Crippen LogP contribution >= 0.6 is 0 Å². The van der Waals surface area contributed by atoms with E-state index >= 15 is 0 Å². The molecule has 0 saturated carbocycles. The van der Waals surface area contributed by atoms with Gasteiger partial charge in [0.1, 0.15) is 0 Å². The predicted octanol–water partition coefficient (Wildman–Crippen LogP) is 0.756. The van der Waals surface area contributed by atoms with Gasteiger partial charge < -0.3 is 5.32 Å². The van der Waals surface area contributed by atoms with Gasteiger partial charge in [-0.25, -0.2) is 0 Å². The summed E-state index contributed by atoms with van der Waals surface area (Å²) in [5.74, 6) is -0.0518. The second kappa shape index (κ2) is 9.90. The first-order valence-electron chi connectivity index (χ1n) is 5.90. The molecule has 0 spiro atoms. The molecule has 8 heteroatoms. The molecule has 0 saturated heterocycles. The molecular formula is C11H24N2O5S. The largest absolute Gasteiger partial charge is 0.394 e. The molecule has 7 nitrogen and oxygen atoms in total. The number of nitrogens with zero attached hydrogens (tertiary/aromatic N) is 1. The number of carbonyl (C=O) groups excluding carboxylic acids is 1. The molecule has 3 N–H and O–H groups in total. The van der Waals surface area contributed by atoms with Gasteiger partial charge in [0.25, 0.3) is 0 Å². The van der Waals surface area contributed by atoms with E-state index in [1.54, 1.807) is 6.92 Å². The molecule has 0 aliphatic heterocycles. The first-order chi connectivity index (χ1) is 8.52. The molecular weight excluding hydrogens is 272 g/mol. The summed E-state index contributed by atoms with van der Waals surface area (Å²) in [6, 6.07) is 0.383. The fraction of sp³-hybridized carbons (Fsp3) is 0.727. The third-order valence-electron chi connectivity index (χ3n) is 2.38. The van der Waals surface area contributed by atoms with Crippen molar-refractivity contribution in [2.24, 2.45) is 0 Å². The van der Waals surface area contributed by atoms with Gasteiger partial charge in [-0.1, -0.05) is 20.4 Å². The van der Waals surface area contributed by atoms with Crippen LogP contribution in [0.3, 0.4) is 0 Å². The molecule has 0 aromatic rings. The molecule has 0 aliphatic rings. The Bertz CT molecular complexity index is 369. The molecule has 0 fully saturated rings. The monoisotopic (exact) mass is 296 g/mol. The topological polar surface area (TPSA) is 107 Å². The van der Waals surface area contributed by atoms with Crippen molar-refractivity contribution >= 4 is 16.3 Å². The van der Waals surface area contributed by atoms with Gasteiger partial charge in [-0.3, -0.25) is 18.8 Å². The molecule has 0 rings (SSSR count). The van der Waals surface area contributed by atoms with E-state index in [1.807, 2.05) is 0 Å². The fourth-order valence-corrected chi connectivity index (χ4v) is 1.37. The van der Waals surface area contributed by atoms with E-state index in [-0.39, 0.29) is 5.91 Å². The van der Waals surface area contributed by atoms with E-state index in [9.17, 15) is 4.79 Å². The van der Waals surface area contributed by atoms with Crippen molar-refractivity contribution in [2.45, 2.75) is 33.7 Å². The van der Waals surface area contributed by atoms with Crippen molar-refractivity contribution in [2.75, 3.05) is 19.6 Å². The summed E-state index contributed by atoms with van der Waals surface area (Å²) in [5, 5.41) is 2.85. The van der Waals surface area contributed by atoms with Crippen LogP contribution in [0, 0.1) is 0 Å². The number of rotatable bonds is 6. The first-order valence-corrected chi connectivity index (χ1v) is 7.30. The number of hydrogen-bond donors (Lipinski definition) is 3. The van der Waals surface area contributed by atoms with Crippen molar-refractivity contribution in [1.82, 2.24) is 10.2 Å². The fourth-order valence-electron chi connectivity index (χ4n) is 1.37. The number of amides is 1. The van der Waals surface area contributed by atoms with Crippen LogP contribution in [-0.2, 0) is 15.2 Å². The lowest BCUT2D eigenvalue weighted by Crippen LogP contribution is -2.42. The Balaban J connectivity index is 0. The van der Waals surface area contributed by atoms with Gasteiger partial charge in [-0.05, 0) is 26.9 Å². The lowest BCUT2D eigenvalue weighted by Gasteiger charge is -2.26. The minimum absolute atomic E-state index is 0.0518. The van der Waals surface area contributed by atoms with Gasteiger partial charge >= 0.3 is 10.4 Å². The second-order valence-electron chi connectivity index (χ2n) is 4.01. The van der Waals surface area contributed by atoms with Crippen molar-refractivity contribution in [3.8, 4) is 0 Å². The minimum atomic E-state index is -4.67. The Morgan fingerprint density at radius 1 is 1.32 bits per heavy atom. The highest BCUT2D eigenvalue weighted by molar-refractivity contribution is 7.79. The van der Waals surface area contributed by atoms with Gasteiger partial charge in [0.15, 0.2) is 0 Å². The standard InChI is InChI=1S/C11H22N2O.H2O4S/c1-6-13(7-2)10(5)8-12-11(14)9(3)4;1-5(2,3)4/h10H,3,6-8H2,1-2,4-5H3,(H,12,14);(H2,1,2,3,4). The zero-order chi connectivity index (χ0) is 15.6. The Labute approximate surface area is 115 Å². The summed E-state index contributed by atoms with van der Waals surface area (Å²) in [4.78, 5) is 13.5. The van der Waals surface area contributed by atoms with Crippen LogP contribution in [0.1, 0.15) is 27.7 Å². The SMILES string of the molecule is C=C(C)C(=O)NCC(C)N(CC)CC.O=S(=O)(O)O. The number of hydrogen-bond acceptors (Lipinski definition) is 4. The van der Waals surface area contributed by atoms with Crippen LogP contribution in [0.25, 0.3) is 0 Å². The van der Waals surface area contributed by atoms with Crippen molar-refractivity contribution < 1.29 is 22.3 Å². The Morgan fingerprint density at radius 2 is 1.68 bits per heavy atom. The van der Waals surface area contributed by atoms with Gasteiger partial charge in [-0.2, -0.15) is 8.42 Å². The van der Waals surface area contributed by atoms with E-state index in [4.69, 9.17) is 17.5 Å². The Hall–Kier alpha value is -0.960. The molecule has 0 aromatic heterocycles. The van der Waals surface area contributed by atoms with Gasteiger partial charge in [0, 0.05) is 18.2 Å². The molecule has 0 heterocycles. The minimum Gasteiger partial charge on any atom is -0.351 e. The quantitative estimate of drug-likeness (QED) is 0.493. The summed E-state index contributed by atoms with van der Waals surface area (Å²) < 4.78 is 31.6. The average molecular weight is 296 g/mol. The third-order valence-corrected chi connectivity index (χ3v) is 2.38. The van der Waals surface area contributed by atoms with Crippen LogP contribution in [0.4, 0.5) is 0 Å².